The third-order valence-electron chi connectivity index (χ3n) is 3.20. The first kappa shape index (κ1) is 13.1. The van der Waals surface area contributed by atoms with Gasteiger partial charge in [0.05, 0.1) is 12.1 Å². The highest BCUT2D eigenvalue weighted by Crippen LogP contribution is 2.21. The zero-order chi connectivity index (χ0) is 13.9. The predicted octanol–water partition coefficient (Wildman–Crippen LogP) is 1.42. The van der Waals surface area contributed by atoms with Gasteiger partial charge in [-0.2, -0.15) is 4.98 Å². The van der Waals surface area contributed by atoms with Crippen molar-refractivity contribution in [2.24, 2.45) is 0 Å². The number of halogens is 2. The second kappa shape index (κ2) is 5.64. The molecule has 0 aliphatic carbocycles. The smallest absolute Gasteiger partial charge is 0.260 e. The molecule has 0 radical (unpaired) electrons. The molecule has 0 atom stereocenters. The largest absolute Gasteiger partial charge is 0.334 e. The Kier molecular flexibility index (Phi) is 3.70. The average molecular weight is 280 g/mol. The summed E-state index contributed by atoms with van der Waals surface area (Å²) in [5.41, 5.74) is 0.116. The summed E-state index contributed by atoms with van der Waals surface area (Å²) >= 11 is 0. The third-order valence-corrected chi connectivity index (χ3v) is 3.20. The van der Waals surface area contributed by atoms with Crippen LogP contribution in [0.2, 0.25) is 0 Å². The van der Waals surface area contributed by atoms with Crippen molar-refractivity contribution < 1.29 is 13.3 Å². The Balaban J connectivity index is 1.75. The van der Waals surface area contributed by atoms with Crippen LogP contribution in [0.4, 0.5) is 8.78 Å². The van der Waals surface area contributed by atoms with E-state index in [1.54, 1.807) is 0 Å². The van der Waals surface area contributed by atoms with Crippen LogP contribution in [0.3, 0.4) is 0 Å². The average Bonchev–Trinajstić information content (AvgIpc) is 2.88. The van der Waals surface area contributed by atoms with Gasteiger partial charge in [-0.05, 0) is 12.1 Å². The summed E-state index contributed by atoms with van der Waals surface area (Å²) in [6.07, 6.45) is 0. The minimum absolute atomic E-state index is 0.0765. The lowest BCUT2D eigenvalue weighted by Gasteiger charge is -2.25. The highest BCUT2D eigenvalue weighted by atomic mass is 19.1. The van der Waals surface area contributed by atoms with Gasteiger partial charge in [0.2, 0.25) is 0 Å². The number of hydrogen-bond donors (Lipinski definition) is 1. The van der Waals surface area contributed by atoms with Crippen LogP contribution in [-0.2, 0) is 6.54 Å². The summed E-state index contributed by atoms with van der Waals surface area (Å²) in [4.78, 5) is 6.35. The number of benzene rings is 1. The Morgan fingerprint density at radius 1 is 1.25 bits per heavy atom. The second-order valence-corrected chi connectivity index (χ2v) is 4.67. The van der Waals surface area contributed by atoms with Gasteiger partial charge >= 0.3 is 0 Å². The van der Waals surface area contributed by atoms with Gasteiger partial charge in [-0.15, -0.1) is 0 Å². The fraction of sp³-hybridized carbons (Fsp3) is 0.385. The topological polar surface area (TPSA) is 54.2 Å². The maximum atomic E-state index is 13.6. The van der Waals surface area contributed by atoms with Crippen LogP contribution < -0.4 is 5.32 Å². The molecule has 0 saturated carbocycles. The molecule has 2 heterocycles. The van der Waals surface area contributed by atoms with E-state index >= 15 is 0 Å². The Bertz CT molecular complexity index is 596. The minimum atomic E-state index is -0.706. The van der Waals surface area contributed by atoms with Crippen LogP contribution in [0.25, 0.3) is 11.5 Å². The normalized spacial score (nSPS) is 16.5. The van der Waals surface area contributed by atoms with Crippen LogP contribution in [0.15, 0.2) is 22.7 Å². The highest BCUT2D eigenvalue weighted by molar-refractivity contribution is 5.53. The Labute approximate surface area is 114 Å². The molecular weight excluding hydrogens is 266 g/mol. The molecule has 1 saturated heterocycles. The molecule has 0 unspecified atom stereocenters. The van der Waals surface area contributed by atoms with Crippen molar-refractivity contribution >= 4 is 0 Å². The fourth-order valence-electron chi connectivity index (χ4n) is 2.16. The zero-order valence-electron chi connectivity index (χ0n) is 10.8. The summed E-state index contributed by atoms with van der Waals surface area (Å²) in [6, 6.07) is 3.26. The lowest BCUT2D eigenvalue weighted by Crippen LogP contribution is -2.43. The molecule has 0 amide bonds. The van der Waals surface area contributed by atoms with Crippen LogP contribution in [0, 0.1) is 11.6 Å². The van der Waals surface area contributed by atoms with Gasteiger partial charge in [-0.1, -0.05) is 5.16 Å². The number of piperazine rings is 1. The van der Waals surface area contributed by atoms with Crippen LogP contribution in [-0.4, -0.2) is 41.2 Å². The van der Waals surface area contributed by atoms with Crippen molar-refractivity contribution in [3.8, 4) is 11.5 Å². The summed E-state index contributed by atoms with van der Waals surface area (Å²) in [7, 11) is 0. The van der Waals surface area contributed by atoms with Gasteiger partial charge in [-0.3, -0.25) is 4.90 Å². The number of nitrogens with zero attached hydrogens (tertiary/aromatic N) is 3. The molecule has 0 bridgehead atoms. The van der Waals surface area contributed by atoms with E-state index in [0.717, 1.165) is 32.2 Å². The van der Waals surface area contributed by atoms with Crippen molar-refractivity contribution in [2.45, 2.75) is 6.54 Å². The monoisotopic (exact) mass is 280 g/mol. The van der Waals surface area contributed by atoms with Crippen LogP contribution >= 0.6 is 0 Å². The van der Waals surface area contributed by atoms with Crippen LogP contribution in [0.1, 0.15) is 5.82 Å². The quantitative estimate of drug-likeness (QED) is 0.921. The Morgan fingerprint density at radius 2 is 2.05 bits per heavy atom. The van der Waals surface area contributed by atoms with Gasteiger partial charge < -0.3 is 9.84 Å². The molecule has 1 aromatic heterocycles. The van der Waals surface area contributed by atoms with E-state index in [2.05, 4.69) is 20.4 Å². The number of rotatable bonds is 3. The maximum Gasteiger partial charge on any atom is 0.260 e. The zero-order valence-corrected chi connectivity index (χ0v) is 10.8. The first-order chi connectivity index (χ1) is 9.72. The molecule has 1 fully saturated rings. The summed E-state index contributed by atoms with van der Waals surface area (Å²) < 4.78 is 31.5. The van der Waals surface area contributed by atoms with Gasteiger partial charge in [0.25, 0.3) is 5.89 Å². The SMILES string of the molecule is Fc1ccc(-c2nc(CN3CCNCC3)no2)c(F)c1. The molecule has 0 spiro atoms. The van der Waals surface area contributed by atoms with Gasteiger partial charge in [0, 0.05) is 32.2 Å². The lowest BCUT2D eigenvalue weighted by molar-refractivity contribution is 0.225. The van der Waals surface area contributed by atoms with E-state index in [1.807, 2.05) is 0 Å². The standard InChI is InChI=1S/C13H14F2N4O/c14-9-1-2-10(11(15)7-9)13-17-12(18-20-13)8-19-5-3-16-4-6-19/h1-2,7,16H,3-6,8H2. The van der Waals surface area contributed by atoms with E-state index < -0.39 is 11.6 Å². The highest BCUT2D eigenvalue weighted by Gasteiger charge is 2.17. The Hall–Kier alpha value is -1.86. The van der Waals surface area contributed by atoms with Crippen LogP contribution in [0.5, 0.6) is 0 Å². The first-order valence-corrected chi connectivity index (χ1v) is 6.43. The van der Waals surface area contributed by atoms with Crippen molar-refractivity contribution in [3.63, 3.8) is 0 Å². The third kappa shape index (κ3) is 2.83. The predicted molar refractivity (Wildman–Crippen MR) is 67.8 cm³/mol. The first-order valence-electron chi connectivity index (χ1n) is 6.43. The Morgan fingerprint density at radius 3 is 2.80 bits per heavy atom. The number of aromatic nitrogens is 2. The molecule has 1 N–H and O–H groups in total. The lowest BCUT2D eigenvalue weighted by atomic mass is 10.2. The van der Waals surface area contributed by atoms with Crippen molar-refractivity contribution in [1.29, 1.82) is 0 Å². The van der Waals surface area contributed by atoms with E-state index in [9.17, 15) is 8.78 Å². The molecule has 7 heteroatoms. The molecule has 106 valence electrons. The number of nitrogens with one attached hydrogen (secondary N) is 1. The van der Waals surface area contributed by atoms with Gasteiger partial charge in [0.1, 0.15) is 11.6 Å². The maximum absolute atomic E-state index is 13.6. The van der Waals surface area contributed by atoms with Gasteiger partial charge in [0.15, 0.2) is 5.82 Å². The number of hydrogen-bond acceptors (Lipinski definition) is 5. The van der Waals surface area contributed by atoms with Crippen molar-refractivity contribution in [2.75, 3.05) is 26.2 Å². The fourth-order valence-corrected chi connectivity index (χ4v) is 2.16. The molecule has 3 rings (SSSR count). The van der Waals surface area contributed by atoms with Crippen molar-refractivity contribution in [3.05, 3.63) is 35.7 Å². The summed E-state index contributed by atoms with van der Waals surface area (Å²) in [5.74, 6) is -0.757. The molecule has 1 aromatic carbocycles. The molecule has 20 heavy (non-hydrogen) atoms. The van der Waals surface area contributed by atoms with Crippen molar-refractivity contribution in [1.82, 2.24) is 20.4 Å². The molecule has 5 nitrogen and oxygen atoms in total. The van der Waals surface area contributed by atoms with E-state index in [1.165, 1.54) is 12.1 Å². The minimum Gasteiger partial charge on any atom is -0.334 e. The molecule has 1 aliphatic heterocycles. The van der Waals surface area contributed by atoms with E-state index in [4.69, 9.17) is 4.52 Å². The van der Waals surface area contributed by atoms with Gasteiger partial charge in [-0.25, -0.2) is 8.78 Å². The molecular formula is C13H14F2N4O. The van der Waals surface area contributed by atoms with E-state index in [-0.39, 0.29) is 11.5 Å². The summed E-state index contributed by atoms with van der Waals surface area (Å²) in [5, 5.41) is 7.09. The summed E-state index contributed by atoms with van der Waals surface area (Å²) in [6.45, 7) is 4.24. The van der Waals surface area contributed by atoms with E-state index in [0.29, 0.717) is 12.4 Å². The second-order valence-electron chi connectivity index (χ2n) is 4.67. The molecule has 2 aromatic rings. The molecule has 1 aliphatic rings.